The summed E-state index contributed by atoms with van der Waals surface area (Å²) in [7, 11) is 0. The second-order valence-electron chi connectivity index (χ2n) is 4.63. The molecule has 0 aliphatic heterocycles. The van der Waals surface area contributed by atoms with Crippen LogP contribution in [0.4, 0.5) is 4.39 Å². The normalized spacial score (nSPS) is 12.4. The van der Waals surface area contributed by atoms with Crippen molar-refractivity contribution in [3.05, 3.63) is 68.9 Å². The average molecular weight is 357 g/mol. The van der Waals surface area contributed by atoms with Crippen LogP contribution in [0.1, 0.15) is 30.5 Å². The van der Waals surface area contributed by atoms with Crippen molar-refractivity contribution in [3.63, 3.8) is 0 Å². The van der Waals surface area contributed by atoms with Gasteiger partial charge in [0.1, 0.15) is 5.82 Å². The van der Waals surface area contributed by atoms with Crippen LogP contribution in [0, 0.1) is 5.82 Å². The maximum absolute atomic E-state index is 13.7. The molecule has 1 unspecified atom stereocenters. The molecule has 0 saturated heterocycles. The van der Waals surface area contributed by atoms with Gasteiger partial charge in [0.05, 0.1) is 0 Å². The molecule has 0 heterocycles. The molecule has 1 N–H and O–H groups in total. The molecule has 106 valence electrons. The Morgan fingerprint density at radius 2 is 1.90 bits per heavy atom. The molecular formula is C16H16BrClFN. The van der Waals surface area contributed by atoms with Gasteiger partial charge in [-0.3, -0.25) is 0 Å². The second kappa shape index (κ2) is 7.21. The smallest absolute Gasteiger partial charge is 0.129 e. The van der Waals surface area contributed by atoms with E-state index in [0.717, 1.165) is 10.9 Å². The molecule has 0 radical (unpaired) electrons. The Labute approximate surface area is 132 Å². The summed E-state index contributed by atoms with van der Waals surface area (Å²) in [6, 6.07) is 13.2. The minimum Gasteiger partial charge on any atom is -0.306 e. The van der Waals surface area contributed by atoms with Crippen LogP contribution in [-0.2, 0) is 6.54 Å². The van der Waals surface area contributed by atoms with Gasteiger partial charge >= 0.3 is 0 Å². The van der Waals surface area contributed by atoms with E-state index in [2.05, 4.69) is 40.3 Å². The van der Waals surface area contributed by atoms with Crippen molar-refractivity contribution < 1.29 is 4.39 Å². The summed E-state index contributed by atoms with van der Waals surface area (Å²) in [6.45, 7) is 2.59. The molecule has 20 heavy (non-hydrogen) atoms. The topological polar surface area (TPSA) is 12.0 Å². The highest BCUT2D eigenvalue weighted by molar-refractivity contribution is 9.10. The Morgan fingerprint density at radius 1 is 1.20 bits per heavy atom. The zero-order valence-corrected chi connectivity index (χ0v) is 13.5. The van der Waals surface area contributed by atoms with E-state index in [1.54, 1.807) is 12.1 Å². The van der Waals surface area contributed by atoms with Crippen LogP contribution < -0.4 is 5.32 Å². The lowest BCUT2D eigenvalue weighted by Crippen LogP contribution is -2.20. The highest BCUT2D eigenvalue weighted by Gasteiger charge is 2.10. The van der Waals surface area contributed by atoms with E-state index >= 15 is 0 Å². The van der Waals surface area contributed by atoms with Gasteiger partial charge < -0.3 is 5.32 Å². The van der Waals surface area contributed by atoms with Gasteiger partial charge in [0.25, 0.3) is 0 Å². The first-order valence-corrected chi connectivity index (χ1v) is 7.70. The standard InChI is InChI=1S/C16H16BrClFN/c1-2-16(11-3-6-13(17)7-4-11)20-10-12-5-8-14(18)9-15(12)19/h3-9,16,20H,2,10H2,1H3. The van der Waals surface area contributed by atoms with E-state index in [-0.39, 0.29) is 11.9 Å². The average Bonchev–Trinajstić information content (AvgIpc) is 2.43. The third kappa shape index (κ3) is 4.05. The van der Waals surface area contributed by atoms with Gasteiger partial charge in [0, 0.05) is 27.6 Å². The summed E-state index contributed by atoms with van der Waals surface area (Å²) < 4.78 is 14.8. The molecule has 0 aliphatic rings. The van der Waals surface area contributed by atoms with Gasteiger partial charge in [-0.05, 0) is 36.2 Å². The van der Waals surface area contributed by atoms with Crippen molar-refractivity contribution in [2.45, 2.75) is 25.9 Å². The number of benzene rings is 2. The van der Waals surface area contributed by atoms with Crippen LogP contribution in [0.25, 0.3) is 0 Å². The number of nitrogens with one attached hydrogen (secondary N) is 1. The van der Waals surface area contributed by atoms with Crippen LogP contribution in [0.2, 0.25) is 5.02 Å². The summed E-state index contributed by atoms with van der Waals surface area (Å²) in [4.78, 5) is 0. The molecule has 4 heteroatoms. The summed E-state index contributed by atoms with van der Waals surface area (Å²) in [5.41, 5.74) is 1.83. The minimum absolute atomic E-state index is 0.207. The van der Waals surface area contributed by atoms with Crippen molar-refractivity contribution in [3.8, 4) is 0 Å². The molecule has 0 saturated carbocycles. The van der Waals surface area contributed by atoms with Gasteiger partial charge in [-0.25, -0.2) is 4.39 Å². The molecule has 2 aromatic carbocycles. The quantitative estimate of drug-likeness (QED) is 0.747. The van der Waals surface area contributed by atoms with E-state index in [1.165, 1.54) is 11.6 Å². The van der Waals surface area contributed by atoms with Gasteiger partial charge in [-0.2, -0.15) is 0 Å². The number of hydrogen-bond acceptors (Lipinski definition) is 1. The van der Waals surface area contributed by atoms with E-state index < -0.39 is 0 Å². The third-order valence-electron chi connectivity index (χ3n) is 3.23. The molecule has 1 atom stereocenters. The van der Waals surface area contributed by atoms with E-state index in [0.29, 0.717) is 17.1 Å². The fourth-order valence-electron chi connectivity index (χ4n) is 2.09. The van der Waals surface area contributed by atoms with Crippen LogP contribution in [-0.4, -0.2) is 0 Å². The Balaban J connectivity index is 2.05. The van der Waals surface area contributed by atoms with E-state index in [9.17, 15) is 4.39 Å². The van der Waals surface area contributed by atoms with Gasteiger partial charge in [-0.1, -0.05) is 52.7 Å². The third-order valence-corrected chi connectivity index (χ3v) is 4.00. The van der Waals surface area contributed by atoms with E-state index in [4.69, 9.17) is 11.6 Å². The fourth-order valence-corrected chi connectivity index (χ4v) is 2.51. The molecule has 0 bridgehead atoms. The van der Waals surface area contributed by atoms with Crippen LogP contribution >= 0.6 is 27.5 Å². The lowest BCUT2D eigenvalue weighted by molar-refractivity contribution is 0.504. The first-order chi connectivity index (χ1) is 9.60. The summed E-state index contributed by atoms with van der Waals surface area (Å²) in [6.07, 6.45) is 0.941. The maximum Gasteiger partial charge on any atom is 0.129 e. The highest BCUT2D eigenvalue weighted by Crippen LogP contribution is 2.21. The fraction of sp³-hybridized carbons (Fsp3) is 0.250. The minimum atomic E-state index is -0.268. The lowest BCUT2D eigenvalue weighted by Gasteiger charge is -2.18. The largest absolute Gasteiger partial charge is 0.306 e. The van der Waals surface area contributed by atoms with Crippen molar-refractivity contribution in [1.29, 1.82) is 0 Å². The van der Waals surface area contributed by atoms with Gasteiger partial charge in [-0.15, -0.1) is 0 Å². The zero-order chi connectivity index (χ0) is 14.5. The molecule has 0 spiro atoms. The molecule has 1 nitrogen and oxygen atoms in total. The number of halogens is 3. The zero-order valence-electron chi connectivity index (χ0n) is 11.2. The summed E-state index contributed by atoms with van der Waals surface area (Å²) in [5.74, 6) is -0.268. The molecule has 0 aliphatic carbocycles. The number of hydrogen-bond donors (Lipinski definition) is 1. The Morgan fingerprint density at radius 3 is 2.50 bits per heavy atom. The molecule has 0 aromatic heterocycles. The van der Waals surface area contributed by atoms with Crippen molar-refractivity contribution in [1.82, 2.24) is 5.32 Å². The van der Waals surface area contributed by atoms with Crippen LogP contribution in [0.5, 0.6) is 0 Å². The Hall–Kier alpha value is -0.900. The predicted octanol–water partition coefficient (Wildman–Crippen LogP) is 5.48. The molecule has 2 rings (SSSR count). The highest BCUT2D eigenvalue weighted by atomic mass is 79.9. The lowest BCUT2D eigenvalue weighted by atomic mass is 10.0. The molecule has 2 aromatic rings. The van der Waals surface area contributed by atoms with E-state index in [1.807, 2.05) is 12.1 Å². The maximum atomic E-state index is 13.7. The number of rotatable bonds is 5. The monoisotopic (exact) mass is 355 g/mol. The van der Waals surface area contributed by atoms with Crippen LogP contribution in [0.15, 0.2) is 46.9 Å². The first kappa shape index (κ1) is 15.5. The molecular weight excluding hydrogens is 341 g/mol. The van der Waals surface area contributed by atoms with Crippen molar-refractivity contribution >= 4 is 27.5 Å². The van der Waals surface area contributed by atoms with Gasteiger partial charge in [0.2, 0.25) is 0 Å². The Kier molecular flexibility index (Phi) is 5.58. The second-order valence-corrected chi connectivity index (χ2v) is 5.98. The predicted molar refractivity (Wildman–Crippen MR) is 85.4 cm³/mol. The first-order valence-electron chi connectivity index (χ1n) is 6.53. The van der Waals surface area contributed by atoms with Gasteiger partial charge in [0.15, 0.2) is 0 Å². The Bertz CT molecular complexity index is 571. The summed E-state index contributed by atoms with van der Waals surface area (Å²) in [5, 5.41) is 3.81. The summed E-state index contributed by atoms with van der Waals surface area (Å²) >= 11 is 9.18. The van der Waals surface area contributed by atoms with Crippen molar-refractivity contribution in [2.24, 2.45) is 0 Å². The van der Waals surface area contributed by atoms with Crippen molar-refractivity contribution in [2.75, 3.05) is 0 Å². The van der Waals surface area contributed by atoms with Crippen LogP contribution in [0.3, 0.4) is 0 Å². The SMILES string of the molecule is CCC(NCc1ccc(Cl)cc1F)c1ccc(Br)cc1. The molecule has 0 amide bonds. The molecule has 0 fully saturated rings.